The molecule has 0 nitrogen and oxygen atoms in total. The Morgan fingerprint density at radius 2 is 1.23 bits per heavy atom. The maximum absolute atomic E-state index is 2.69. The van der Waals surface area contributed by atoms with Crippen LogP contribution in [0.2, 0.25) is 0 Å². The van der Waals surface area contributed by atoms with Gasteiger partial charge < -0.3 is 0 Å². The normalized spacial score (nSPS) is 23.2. The summed E-state index contributed by atoms with van der Waals surface area (Å²) in [6, 6.07) is 10.4. The van der Waals surface area contributed by atoms with Gasteiger partial charge in [0, 0.05) is 11.3 Å². The van der Waals surface area contributed by atoms with Gasteiger partial charge >= 0.3 is 0 Å². The lowest BCUT2D eigenvalue weighted by Gasteiger charge is -2.40. The molecular weight excluding hydrogens is 480 g/mol. The van der Waals surface area contributed by atoms with Crippen LogP contribution in [0.3, 0.4) is 0 Å². The van der Waals surface area contributed by atoms with Crippen LogP contribution >= 0.6 is 0 Å². The Kier molecular flexibility index (Phi) is 6.77. The van der Waals surface area contributed by atoms with Crippen molar-refractivity contribution in [3.8, 4) is 11.1 Å². The zero-order chi connectivity index (χ0) is 29.7. The Hall–Kier alpha value is -2.08. The Morgan fingerprint density at radius 3 is 1.60 bits per heavy atom. The highest BCUT2D eigenvalue weighted by Gasteiger charge is 2.54. The number of hydrogen-bond acceptors (Lipinski definition) is 0. The van der Waals surface area contributed by atoms with Crippen LogP contribution in [0.4, 0.5) is 0 Å². The lowest BCUT2D eigenvalue weighted by Crippen LogP contribution is -2.30. The van der Waals surface area contributed by atoms with E-state index in [0.717, 1.165) is 0 Å². The first-order valence-corrected chi connectivity index (χ1v) is 16.1. The molecule has 3 aliphatic carbocycles. The van der Waals surface area contributed by atoms with Crippen LogP contribution in [-0.4, -0.2) is 0 Å². The molecule has 0 heterocycles. The van der Waals surface area contributed by atoms with Gasteiger partial charge in [-0.2, -0.15) is 0 Å². The van der Waals surface area contributed by atoms with E-state index in [9.17, 15) is 0 Å². The molecule has 3 aliphatic rings. The van der Waals surface area contributed by atoms with Crippen LogP contribution < -0.4 is 0 Å². The molecule has 2 atom stereocenters. The summed E-state index contributed by atoms with van der Waals surface area (Å²) in [6.07, 6.45) is 6.33. The Labute approximate surface area is 246 Å². The monoisotopic (exact) mass is 536 g/mol. The third-order valence-electron chi connectivity index (χ3n) is 10.9. The van der Waals surface area contributed by atoms with Gasteiger partial charge in [-0.05, 0) is 111 Å². The van der Waals surface area contributed by atoms with Crippen LogP contribution in [0.5, 0.6) is 0 Å². The molecule has 0 radical (unpaired) electrons. The number of benzene rings is 2. The first-order valence-electron chi connectivity index (χ1n) is 16.1. The van der Waals surface area contributed by atoms with Crippen LogP contribution in [0.15, 0.2) is 47.1 Å². The van der Waals surface area contributed by atoms with Gasteiger partial charge in [-0.1, -0.05) is 125 Å². The molecule has 2 aromatic rings. The summed E-state index contributed by atoms with van der Waals surface area (Å²) in [5.41, 5.74) is 17.8. The summed E-state index contributed by atoms with van der Waals surface area (Å²) in [6.45, 7) is 33.6. The van der Waals surface area contributed by atoms with E-state index in [0.29, 0.717) is 17.8 Å². The van der Waals surface area contributed by atoms with Gasteiger partial charge in [0.1, 0.15) is 0 Å². The highest BCUT2D eigenvalue weighted by molar-refractivity contribution is 5.82. The molecule has 2 unspecified atom stereocenters. The largest absolute Gasteiger partial charge is 0.0645 e. The van der Waals surface area contributed by atoms with Crippen molar-refractivity contribution in [1.82, 2.24) is 0 Å². The zero-order valence-corrected chi connectivity index (χ0v) is 28.2. The van der Waals surface area contributed by atoms with Gasteiger partial charge in [0.25, 0.3) is 0 Å². The van der Waals surface area contributed by atoms with Crippen molar-refractivity contribution in [3.63, 3.8) is 0 Å². The van der Waals surface area contributed by atoms with Crippen molar-refractivity contribution < 1.29 is 0 Å². The van der Waals surface area contributed by atoms with Crippen LogP contribution in [0.1, 0.15) is 142 Å². The molecule has 0 bridgehead atoms. The molecular formula is C40H56. The molecule has 0 spiro atoms. The van der Waals surface area contributed by atoms with Gasteiger partial charge in [0.2, 0.25) is 0 Å². The van der Waals surface area contributed by atoms with E-state index in [-0.39, 0.29) is 21.7 Å². The maximum Gasteiger partial charge on any atom is 0.0199 e. The van der Waals surface area contributed by atoms with Crippen LogP contribution in [0.25, 0.3) is 11.1 Å². The summed E-state index contributed by atoms with van der Waals surface area (Å²) in [4.78, 5) is 0. The summed E-state index contributed by atoms with van der Waals surface area (Å²) in [7, 11) is 0. The highest BCUT2D eigenvalue weighted by Crippen LogP contribution is 2.67. The molecule has 0 fully saturated rings. The van der Waals surface area contributed by atoms with E-state index in [1.54, 1.807) is 27.8 Å². The van der Waals surface area contributed by atoms with Crippen LogP contribution in [0, 0.1) is 36.5 Å². The molecule has 216 valence electrons. The second-order valence-electron chi connectivity index (χ2n) is 17.0. The van der Waals surface area contributed by atoms with E-state index < -0.39 is 0 Å². The molecule has 0 aromatic heterocycles. The van der Waals surface area contributed by atoms with Crippen molar-refractivity contribution in [2.24, 2.45) is 22.7 Å². The second kappa shape index (κ2) is 9.21. The van der Waals surface area contributed by atoms with Crippen molar-refractivity contribution in [3.05, 3.63) is 80.4 Å². The van der Waals surface area contributed by atoms with E-state index >= 15 is 0 Å². The van der Waals surface area contributed by atoms with E-state index in [2.05, 4.69) is 127 Å². The average molecular weight is 537 g/mol. The van der Waals surface area contributed by atoms with E-state index in [4.69, 9.17) is 0 Å². The number of aryl methyl sites for hydroxylation is 2. The molecule has 0 heteroatoms. The van der Waals surface area contributed by atoms with Gasteiger partial charge in [0.05, 0.1) is 0 Å². The number of rotatable bonds is 3. The fourth-order valence-electron chi connectivity index (χ4n) is 8.75. The smallest absolute Gasteiger partial charge is 0.0199 e. The fourth-order valence-corrected chi connectivity index (χ4v) is 8.75. The fraction of sp³-hybridized carbons (Fsp3) is 0.600. The number of hydrogen-bond donors (Lipinski definition) is 0. The molecule has 40 heavy (non-hydrogen) atoms. The average Bonchev–Trinajstić information content (AvgIpc) is 3.46. The SMILES string of the molecule is CCC1(C2c3cc(C)c(C(C)(C)C)cc3-c3cc(C(C)(C)C)c(C)cc32)CC(C(C)C)C2=C1C=C(C(C)(C)C)C2. The zero-order valence-electron chi connectivity index (χ0n) is 28.2. The third kappa shape index (κ3) is 4.39. The van der Waals surface area contributed by atoms with Crippen LogP contribution in [-0.2, 0) is 10.8 Å². The lowest BCUT2D eigenvalue weighted by molar-refractivity contribution is 0.249. The Bertz CT molecular complexity index is 1350. The Morgan fingerprint density at radius 1 is 0.750 bits per heavy atom. The first kappa shape index (κ1) is 29.4. The first-order chi connectivity index (χ1) is 18.3. The second-order valence-corrected chi connectivity index (χ2v) is 17.0. The lowest BCUT2D eigenvalue weighted by atomic mass is 9.63. The van der Waals surface area contributed by atoms with Crippen molar-refractivity contribution in [2.75, 3.05) is 0 Å². The van der Waals surface area contributed by atoms with Gasteiger partial charge in [-0.3, -0.25) is 0 Å². The van der Waals surface area contributed by atoms with Crippen molar-refractivity contribution in [1.29, 1.82) is 0 Å². The number of fused-ring (bicyclic) bond motifs is 3. The molecule has 0 N–H and O–H groups in total. The molecule has 0 amide bonds. The highest BCUT2D eigenvalue weighted by atomic mass is 14.6. The Balaban J connectivity index is 1.83. The minimum atomic E-state index is 0.124. The molecule has 2 aromatic carbocycles. The van der Waals surface area contributed by atoms with Gasteiger partial charge in [-0.15, -0.1) is 0 Å². The van der Waals surface area contributed by atoms with E-state index in [1.165, 1.54) is 52.6 Å². The molecule has 0 saturated carbocycles. The van der Waals surface area contributed by atoms with Crippen molar-refractivity contribution in [2.45, 2.75) is 133 Å². The summed E-state index contributed by atoms with van der Waals surface area (Å²) >= 11 is 0. The molecule has 0 aliphatic heterocycles. The summed E-state index contributed by atoms with van der Waals surface area (Å²) in [5.74, 6) is 1.75. The quantitative estimate of drug-likeness (QED) is 0.366. The van der Waals surface area contributed by atoms with E-state index in [1.807, 2.05) is 0 Å². The molecule has 5 rings (SSSR count). The topological polar surface area (TPSA) is 0 Å². The van der Waals surface area contributed by atoms with Gasteiger partial charge in [0.15, 0.2) is 0 Å². The molecule has 0 saturated heterocycles. The summed E-state index contributed by atoms with van der Waals surface area (Å²) < 4.78 is 0. The third-order valence-corrected chi connectivity index (χ3v) is 10.9. The van der Waals surface area contributed by atoms with Crippen molar-refractivity contribution >= 4 is 0 Å². The minimum absolute atomic E-state index is 0.124. The predicted octanol–water partition coefficient (Wildman–Crippen LogP) is 11.8. The minimum Gasteiger partial charge on any atom is -0.0645 e. The standard InChI is InChI=1S/C40H56/c1-15-40(22-32(23(2)3)29-18-26(19-35(29)40)37(6,7)8)36-30-16-24(4)33(38(9,10)11)20-27(30)28-21-34(39(12,13)14)25(5)17-31(28)36/h16-17,19-21,23,32,36H,15,18,22H2,1-14H3. The van der Waals surface area contributed by atoms with Gasteiger partial charge in [-0.25, -0.2) is 0 Å². The maximum atomic E-state index is 2.69. The number of allylic oxidation sites excluding steroid dienone is 4. The summed E-state index contributed by atoms with van der Waals surface area (Å²) in [5, 5.41) is 0. The predicted molar refractivity (Wildman–Crippen MR) is 175 cm³/mol.